The fourth-order valence-corrected chi connectivity index (χ4v) is 1.51. The van der Waals surface area contributed by atoms with E-state index in [9.17, 15) is 0 Å². The van der Waals surface area contributed by atoms with Crippen LogP contribution in [-0.4, -0.2) is 8.75 Å². The summed E-state index contributed by atoms with van der Waals surface area (Å²) < 4.78 is 8.24. The third-order valence-electron chi connectivity index (χ3n) is 1.41. The number of hydrogen-bond acceptors (Lipinski definition) is 3. The first-order valence-electron chi connectivity index (χ1n) is 3.45. The topological polar surface area (TPSA) is 25.8 Å². The molecule has 58 valence electrons. The van der Waals surface area contributed by atoms with Crippen molar-refractivity contribution < 1.29 is 0 Å². The molecule has 0 unspecified atom stereocenters. The molecule has 1 aromatic heterocycles. The lowest BCUT2D eigenvalue weighted by molar-refractivity contribution is 0.949. The average molecular weight is 166 g/mol. The van der Waals surface area contributed by atoms with Crippen LogP contribution in [0, 0.1) is 0 Å². The molecule has 1 heterocycles. The molecule has 0 saturated carbocycles. The maximum Gasteiger partial charge on any atom is 0.0998 e. The Bertz CT molecular complexity index is 252. The van der Waals surface area contributed by atoms with Gasteiger partial charge >= 0.3 is 0 Å². The molecule has 1 aromatic rings. The molecule has 0 amide bonds. The molecule has 0 spiro atoms. The Hall–Kier alpha value is -0.960. The molecule has 0 atom stereocenters. The Morgan fingerprint density at radius 2 is 2.18 bits per heavy atom. The van der Waals surface area contributed by atoms with Gasteiger partial charge in [-0.2, -0.15) is 8.75 Å². The molecule has 2 nitrogen and oxygen atoms in total. The van der Waals surface area contributed by atoms with Crippen LogP contribution in [0.3, 0.4) is 0 Å². The van der Waals surface area contributed by atoms with E-state index in [2.05, 4.69) is 28.0 Å². The molecule has 0 fully saturated rings. The van der Waals surface area contributed by atoms with Gasteiger partial charge in [0.2, 0.25) is 0 Å². The predicted octanol–water partition coefficient (Wildman–Crippen LogP) is 2.30. The number of aromatic nitrogens is 2. The third kappa shape index (κ3) is 1.74. The van der Waals surface area contributed by atoms with Gasteiger partial charge in [-0.05, 0) is 18.9 Å². The van der Waals surface area contributed by atoms with Crippen LogP contribution in [0.1, 0.15) is 17.8 Å². The molecule has 0 radical (unpaired) electrons. The first-order chi connectivity index (χ1) is 5.47. The van der Waals surface area contributed by atoms with Crippen LogP contribution in [-0.2, 0) is 6.42 Å². The second-order valence-electron chi connectivity index (χ2n) is 2.04. The van der Waals surface area contributed by atoms with Gasteiger partial charge in [0.1, 0.15) is 0 Å². The molecule has 2 rings (SSSR count). The molecular formula is C8H10N2S. The van der Waals surface area contributed by atoms with E-state index in [-0.39, 0.29) is 0 Å². The standard InChI is InChI=1S/C6H6N2S.C2H4/c1-2-4-6-5(3-1)7-9-8-6;1-2/h1,3H,2,4H2;1-2H2. The predicted molar refractivity (Wildman–Crippen MR) is 48.5 cm³/mol. The van der Waals surface area contributed by atoms with Crippen molar-refractivity contribution in [2.45, 2.75) is 12.8 Å². The quantitative estimate of drug-likeness (QED) is 0.553. The Kier molecular flexibility index (Phi) is 2.98. The van der Waals surface area contributed by atoms with Gasteiger partial charge in [0.25, 0.3) is 0 Å². The van der Waals surface area contributed by atoms with Gasteiger partial charge in [-0.3, -0.25) is 0 Å². The highest BCUT2D eigenvalue weighted by atomic mass is 32.1. The molecule has 0 aliphatic heterocycles. The smallest absolute Gasteiger partial charge is 0.0998 e. The van der Waals surface area contributed by atoms with Gasteiger partial charge < -0.3 is 0 Å². The van der Waals surface area contributed by atoms with Crippen molar-refractivity contribution in [1.82, 2.24) is 8.75 Å². The zero-order valence-electron chi connectivity index (χ0n) is 6.29. The van der Waals surface area contributed by atoms with Crippen LogP contribution >= 0.6 is 11.7 Å². The minimum Gasteiger partial charge on any atom is -0.177 e. The van der Waals surface area contributed by atoms with Crippen LogP contribution < -0.4 is 0 Å². The normalized spacial score (nSPS) is 13.1. The van der Waals surface area contributed by atoms with Crippen LogP contribution in [0.15, 0.2) is 19.2 Å². The van der Waals surface area contributed by atoms with Gasteiger partial charge in [0, 0.05) is 0 Å². The fraction of sp³-hybridized carbons (Fsp3) is 0.250. The van der Waals surface area contributed by atoms with Crippen molar-refractivity contribution >= 4 is 17.8 Å². The van der Waals surface area contributed by atoms with E-state index < -0.39 is 0 Å². The van der Waals surface area contributed by atoms with Gasteiger partial charge in [0.15, 0.2) is 0 Å². The first kappa shape index (κ1) is 8.14. The highest BCUT2D eigenvalue weighted by Crippen LogP contribution is 2.15. The molecule has 11 heavy (non-hydrogen) atoms. The zero-order chi connectivity index (χ0) is 8.10. The van der Waals surface area contributed by atoms with Gasteiger partial charge in [-0.25, -0.2) is 0 Å². The molecule has 0 N–H and O–H groups in total. The van der Waals surface area contributed by atoms with E-state index in [1.54, 1.807) is 0 Å². The van der Waals surface area contributed by atoms with Crippen molar-refractivity contribution in [1.29, 1.82) is 0 Å². The number of nitrogens with zero attached hydrogens (tertiary/aromatic N) is 2. The maximum absolute atomic E-state index is 4.14. The third-order valence-corrected chi connectivity index (χ3v) is 1.99. The minimum atomic E-state index is 1.07. The monoisotopic (exact) mass is 166 g/mol. The van der Waals surface area contributed by atoms with Crippen molar-refractivity contribution in [2.24, 2.45) is 0 Å². The molecule has 3 heteroatoms. The second kappa shape index (κ2) is 4.03. The van der Waals surface area contributed by atoms with E-state index >= 15 is 0 Å². The van der Waals surface area contributed by atoms with Crippen molar-refractivity contribution in [3.63, 3.8) is 0 Å². The molecule has 1 aliphatic rings. The Labute approximate surface area is 70.6 Å². The van der Waals surface area contributed by atoms with Crippen molar-refractivity contribution in [3.8, 4) is 0 Å². The Morgan fingerprint density at radius 3 is 2.91 bits per heavy atom. The summed E-state index contributed by atoms with van der Waals surface area (Å²) in [5.41, 5.74) is 2.24. The first-order valence-corrected chi connectivity index (χ1v) is 4.18. The minimum absolute atomic E-state index is 1.07. The molecule has 1 aliphatic carbocycles. The number of hydrogen-bond donors (Lipinski definition) is 0. The lowest BCUT2D eigenvalue weighted by Gasteiger charge is -1.97. The van der Waals surface area contributed by atoms with E-state index in [1.165, 1.54) is 17.4 Å². The van der Waals surface area contributed by atoms with E-state index in [0.717, 1.165) is 18.5 Å². The fourth-order valence-electron chi connectivity index (χ4n) is 0.928. The van der Waals surface area contributed by atoms with E-state index in [4.69, 9.17) is 0 Å². The Morgan fingerprint density at radius 1 is 1.36 bits per heavy atom. The summed E-state index contributed by atoms with van der Waals surface area (Å²) in [4.78, 5) is 0. The summed E-state index contributed by atoms with van der Waals surface area (Å²) in [5, 5.41) is 0. The summed E-state index contributed by atoms with van der Waals surface area (Å²) in [7, 11) is 0. The van der Waals surface area contributed by atoms with Gasteiger partial charge in [0.05, 0.1) is 23.1 Å². The van der Waals surface area contributed by atoms with Crippen LogP contribution in [0.4, 0.5) is 0 Å². The van der Waals surface area contributed by atoms with Crippen LogP contribution in [0.25, 0.3) is 6.08 Å². The van der Waals surface area contributed by atoms with Crippen LogP contribution in [0.5, 0.6) is 0 Å². The summed E-state index contributed by atoms with van der Waals surface area (Å²) in [5.74, 6) is 0. The highest BCUT2D eigenvalue weighted by Gasteiger charge is 2.06. The summed E-state index contributed by atoms with van der Waals surface area (Å²) in [6.07, 6.45) is 6.38. The summed E-state index contributed by atoms with van der Waals surface area (Å²) in [6, 6.07) is 0. The molecule has 0 aromatic carbocycles. The molecule has 0 saturated heterocycles. The lowest BCUT2D eigenvalue weighted by atomic mass is 10.1. The van der Waals surface area contributed by atoms with Crippen molar-refractivity contribution in [2.75, 3.05) is 0 Å². The Balaban J connectivity index is 0.000000281. The number of allylic oxidation sites excluding steroid dienone is 1. The molecular weight excluding hydrogens is 156 g/mol. The molecule has 0 bridgehead atoms. The average Bonchev–Trinajstić information content (AvgIpc) is 2.55. The van der Waals surface area contributed by atoms with Crippen LogP contribution in [0.2, 0.25) is 0 Å². The van der Waals surface area contributed by atoms with Gasteiger partial charge in [-0.15, -0.1) is 13.2 Å². The SMILES string of the molecule is C1=Cc2nsnc2CC1.C=C. The number of fused-ring (bicyclic) bond motifs is 1. The number of aryl methyl sites for hydroxylation is 1. The lowest BCUT2D eigenvalue weighted by Crippen LogP contribution is -1.91. The second-order valence-corrected chi connectivity index (χ2v) is 2.57. The number of rotatable bonds is 0. The van der Waals surface area contributed by atoms with E-state index in [1.807, 2.05) is 6.08 Å². The van der Waals surface area contributed by atoms with Gasteiger partial charge in [-0.1, -0.05) is 6.08 Å². The zero-order valence-corrected chi connectivity index (χ0v) is 7.10. The summed E-state index contributed by atoms with van der Waals surface area (Å²) >= 11 is 1.30. The van der Waals surface area contributed by atoms with E-state index in [0.29, 0.717) is 0 Å². The largest absolute Gasteiger partial charge is 0.177 e. The summed E-state index contributed by atoms with van der Waals surface area (Å²) in [6.45, 7) is 6.00. The highest BCUT2D eigenvalue weighted by molar-refractivity contribution is 6.99. The maximum atomic E-state index is 4.14. The van der Waals surface area contributed by atoms with Crippen molar-refractivity contribution in [3.05, 3.63) is 30.6 Å².